The van der Waals surface area contributed by atoms with Crippen molar-refractivity contribution in [3.05, 3.63) is 35.7 Å². The molecule has 1 heterocycles. The lowest BCUT2D eigenvalue weighted by molar-refractivity contribution is 0.309. The average molecular weight is 246 g/mol. The molecule has 0 spiro atoms. The quantitative estimate of drug-likeness (QED) is 0.766. The van der Waals surface area contributed by atoms with Gasteiger partial charge in [-0.15, -0.1) is 5.10 Å². The number of ether oxygens (including phenoxy) is 1. The van der Waals surface area contributed by atoms with Crippen LogP contribution in [0.1, 0.15) is 31.2 Å². The predicted octanol–water partition coefficient (Wildman–Crippen LogP) is 2.16. The van der Waals surface area contributed by atoms with Crippen LogP contribution in [0.4, 0.5) is 5.95 Å². The summed E-state index contributed by atoms with van der Waals surface area (Å²) in [7, 11) is 0. The van der Waals surface area contributed by atoms with Gasteiger partial charge in [0.1, 0.15) is 11.6 Å². The molecule has 0 unspecified atom stereocenters. The fourth-order valence-corrected chi connectivity index (χ4v) is 1.62. The number of anilines is 1. The molecule has 2 aromatic rings. The zero-order chi connectivity index (χ0) is 12.8. The average Bonchev–Trinajstić information content (AvgIpc) is 2.77. The molecule has 18 heavy (non-hydrogen) atoms. The van der Waals surface area contributed by atoms with Crippen molar-refractivity contribution in [1.29, 1.82) is 0 Å². The highest BCUT2D eigenvalue weighted by molar-refractivity contribution is 5.29. The Bertz CT molecular complexity index is 478. The van der Waals surface area contributed by atoms with E-state index in [-0.39, 0.29) is 5.95 Å². The van der Waals surface area contributed by atoms with Crippen LogP contribution in [0.5, 0.6) is 5.75 Å². The topological polar surface area (TPSA) is 76.8 Å². The second kappa shape index (κ2) is 6.05. The van der Waals surface area contributed by atoms with Crippen LogP contribution in [0.2, 0.25) is 0 Å². The number of nitrogens with one attached hydrogen (secondary N) is 1. The highest BCUT2D eigenvalue weighted by Gasteiger charge is 2.02. The van der Waals surface area contributed by atoms with Crippen molar-refractivity contribution >= 4 is 5.95 Å². The van der Waals surface area contributed by atoms with Crippen LogP contribution in [-0.4, -0.2) is 21.8 Å². The molecule has 2 rings (SSSR count). The smallest absolute Gasteiger partial charge is 0.239 e. The van der Waals surface area contributed by atoms with Crippen LogP contribution in [-0.2, 0) is 6.42 Å². The van der Waals surface area contributed by atoms with Crippen LogP contribution < -0.4 is 10.5 Å². The second-order valence-electron chi connectivity index (χ2n) is 4.16. The number of aromatic nitrogens is 3. The minimum Gasteiger partial charge on any atom is -0.494 e. The molecule has 5 heteroatoms. The van der Waals surface area contributed by atoms with E-state index in [0.717, 1.165) is 36.6 Å². The van der Waals surface area contributed by atoms with Gasteiger partial charge in [0, 0.05) is 6.42 Å². The van der Waals surface area contributed by atoms with Crippen LogP contribution in [0.15, 0.2) is 24.3 Å². The van der Waals surface area contributed by atoms with Gasteiger partial charge in [-0.2, -0.15) is 4.98 Å². The van der Waals surface area contributed by atoms with Crippen molar-refractivity contribution < 1.29 is 4.74 Å². The second-order valence-corrected chi connectivity index (χ2v) is 4.16. The van der Waals surface area contributed by atoms with Gasteiger partial charge >= 0.3 is 0 Å². The maximum atomic E-state index is 5.60. The molecule has 0 aliphatic heterocycles. The zero-order valence-corrected chi connectivity index (χ0v) is 10.5. The molecule has 0 radical (unpaired) electrons. The Labute approximate surface area is 106 Å². The van der Waals surface area contributed by atoms with Gasteiger partial charge in [-0.25, -0.2) is 0 Å². The number of unbranched alkanes of at least 4 members (excludes halogenated alkanes) is 1. The summed E-state index contributed by atoms with van der Waals surface area (Å²) in [5.41, 5.74) is 6.60. The van der Waals surface area contributed by atoms with E-state index in [0.29, 0.717) is 6.42 Å². The highest BCUT2D eigenvalue weighted by Crippen LogP contribution is 2.14. The molecular formula is C13H18N4O. The van der Waals surface area contributed by atoms with Crippen molar-refractivity contribution in [2.75, 3.05) is 12.3 Å². The number of benzene rings is 1. The Balaban J connectivity index is 1.91. The SMILES string of the molecule is CCCCOc1ccc(Cc2nc(N)n[nH]2)cc1. The van der Waals surface area contributed by atoms with E-state index in [1.807, 2.05) is 24.3 Å². The molecule has 5 nitrogen and oxygen atoms in total. The van der Waals surface area contributed by atoms with E-state index in [1.165, 1.54) is 0 Å². The molecule has 0 amide bonds. The molecule has 96 valence electrons. The highest BCUT2D eigenvalue weighted by atomic mass is 16.5. The van der Waals surface area contributed by atoms with Gasteiger partial charge in [0.2, 0.25) is 5.95 Å². The number of nitrogens with zero attached hydrogens (tertiary/aromatic N) is 2. The van der Waals surface area contributed by atoms with Gasteiger partial charge in [0.05, 0.1) is 6.61 Å². The van der Waals surface area contributed by atoms with Crippen molar-refractivity contribution in [1.82, 2.24) is 15.2 Å². The largest absolute Gasteiger partial charge is 0.494 e. The van der Waals surface area contributed by atoms with Crippen LogP contribution in [0.3, 0.4) is 0 Å². The van der Waals surface area contributed by atoms with E-state index in [9.17, 15) is 0 Å². The Hall–Kier alpha value is -2.04. The summed E-state index contributed by atoms with van der Waals surface area (Å²) in [6.07, 6.45) is 2.92. The molecule has 0 aliphatic rings. The third-order valence-corrected chi connectivity index (χ3v) is 2.61. The van der Waals surface area contributed by atoms with Gasteiger partial charge in [0.25, 0.3) is 0 Å². The molecule has 0 aliphatic carbocycles. The first-order valence-corrected chi connectivity index (χ1v) is 6.16. The van der Waals surface area contributed by atoms with Gasteiger partial charge in [-0.3, -0.25) is 5.10 Å². The first kappa shape index (κ1) is 12.4. The first-order valence-electron chi connectivity index (χ1n) is 6.16. The van der Waals surface area contributed by atoms with Gasteiger partial charge in [0.15, 0.2) is 0 Å². The summed E-state index contributed by atoms with van der Waals surface area (Å²) in [6, 6.07) is 8.01. The van der Waals surface area contributed by atoms with Crippen molar-refractivity contribution in [3.63, 3.8) is 0 Å². The lowest BCUT2D eigenvalue weighted by Crippen LogP contribution is -1.97. The molecular weight excluding hydrogens is 228 g/mol. The molecule has 0 atom stereocenters. The zero-order valence-electron chi connectivity index (χ0n) is 10.5. The monoisotopic (exact) mass is 246 g/mol. The van der Waals surface area contributed by atoms with Crippen LogP contribution >= 0.6 is 0 Å². The van der Waals surface area contributed by atoms with Crippen molar-refractivity contribution in [3.8, 4) is 5.75 Å². The Morgan fingerprint density at radius 2 is 2.06 bits per heavy atom. The number of hydrogen-bond donors (Lipinski definition) is 2. The summed E-state index contributed by atoms with van der Waals surface area (Å²) in [5, 5.41) is 6.59. The summed E-state index contributed by atoms with van der Waals surface area (Å²) in [5.74, 6) is 1.96. The number of rotatable bonds is 6. The molecule has 1 aromatic heterocycles. The third kappa shape index (κ3) is 3.48. The van der Waals surface area contributed by atoms with Gasteiger partial charge < -0.3 is 10.5 Å². The van der Waals surface area contributed by atoms with E-state index < -0.39 is 0 Å². The molecule has 0 saturated heterocycles. The standard InChI is InChI=1S/C13H18N4O/c1-2-3-8-18-11-6-4-10(5-7-11)9-12-15-13(14)17-16-12/h4-7H,2-3,8-9H2,1H3,(H3,14,15,16,17). The molecule has 3 N–H and O–H groups in total. The molecule has 0 bridgehead atoms. The number of nitrogen functional groups attached to an aromatic ring is 1. The number of aromatic amines is 1. The minimum absolute atomic E-state index is 0.282. The number of H-pyrrole nitrogens is 1. The van der Waals surface area contributed by atoms with E-state index in [1.54, 1.807) is 0 Å². The fourth-order valence-electron chi connectivity index (χ4n) is 1.62. The van der Waals surface area contributed by atoms with Crippen LogP contribution in [0, 0.1) is 0 Å². The van der Waals surface area contributed by atoms with Crippen LogP contribution in [0.25, 0.3) is 0 Å². The maximum absolute atomic E-state index is 5.60. The summed E-state index contributed by atoms with van der Waals surface area (Å²) >= 11 is 0. The Kier molecular flexibility index (Phi) is 4.17. The first-order chi connectivity index (χ1) is 8.78. The predicted molar refractivity (Wildman–Crippen MR) is 70.4 cm³/mol. The van der Waals surface area contributed by atoms with Crippen molar-refractivity contribution in [2.45, 2.75) is 26.2 Å². The molecule has 0 fully saturated rings. The van der Waals surface area contributed by atoms with Gasteiger partial charge in [-0.1, -0.05) is 25.5 Å². The number of nitrogens with two attached hydrogens (primary N) is 1. The van der Waals surface area contributed by atoms with E-state index >= 15 is 0 Å². The molecule has 0 saturated carbocycles. The summed E-state index contributed by atoms with van der Waals surface area (Å²) < 4.78 is 5.60. The van der Waals surface area contributed by atoms with E-state index in [4.69, 9.17) is 10.5 Å². The third-order valence-electron chi connectivity index (χ3n) is 2.61. The van der Waals surface area contributed by atoms with Crippen molar-refractivity contribution in [2.24, 2.45) is 0 Å². The Morgan fingerprint density at radius 1 is 1.28 bits per heavy atom. The van der Waals surface area contributed by atoms with E-state index in [2.05, 4.69) is 22.1 Å². The number of hydrogen-bond acceptors (Lipinski definition) is 4. The Morgan fingerprint density at radius 3 is 2.67 bits per heavy atom. The lowest BCUT2D eigenvalue weighted by Gasteiger charge is -2.05. The lowest BCUT2D eigenvalue weighted by atomic mass is 10.1. The molecule has 1 aromatic carbocycles. The summed E-state index contributed by atoms with van der Waals surface area (Å²) in [4.78, 5) is 4.07. The normalized spacial score (nSPS) is 10.5. The summed E-state index contributed by atoms with van der Waals surface area (Å²) in [6.45, 7) is 2.92. The minimum atomic E-state index is 0.282. The van der Waals surface area contributed by atoms with Gasteiger partial charge in [-0.05, 0) is 24.1 Å². The maximum Gasteiger partial charge on any atom is 0.239 e. The fraction of sp³-hybridized carbons (Fsp3) is 0.385.